The Morgan fingerprint density at radius 3 is 2.45 bits per heavy atom. The minimum atomic E-state index is 0.266. The number of hydrogen-bond acceptors (Lipinski definition) is 1. The molecule has 0 aliphatic heterocycles. The third-order valence-electron chi connectivity index (χ3n) is 1.54. The maximum absolute atomic E-state index is 8.69. The molecule has 1 rings (SSSR count). The van der Waals surface area contributed by atoms with Gasteiger partial charge in [0.15, 0.2) is 0 Å². The Kier molecular flexibility index (Phi) is 3.86. The van der Waals surface area contributed by atoms with Gasteiger partial charge in [0.1, 0.15) is 0 Å². The van der Waals surface area contributed by atoms with Gasteiger partial charge in [-0.2, -0.15) is 0 Å². The van der Waals surface area contributed by atoms with E-state index in [1.54, 1.807) is 0 Å². The summed E-state index contributed by atoms with van der Waals surface area (Å²) in [6, 6.07) is 10.2. The first-order valence-corrected chi connectivity index (χ1v) is 4.89. The molecule has 1 atom stereocenters. The number of aliphatic hydroxyl groups is 1. The van der Waals surface area contributed by atoms with Gasteiger partial charge in [-0.25, -0.2) is 0 Å². The van der Waals surface area contributed by atoms with Gasteiger partial charge in [0.2, 0.25) is 0 Å². The van der Waals surface area contributed by atoms with Crippen molar-refractivity contribution in [1.29, 1.82) is 0 Å². The summed E-state index contributed by atoms with van der Waals surface area (Å²) < 4.78 is 0.443. The van der Waals surface area contributed by atoms with Crippen LogP contribution in [0.25, 0.3) is 0 Å². The average molecular weight is 262 g/mol. The fourth-order valence-corrected chi connectivity index (χ4v) is 1.64. The minimum Gasteiger partial charge on any atom is -0.396 e. The Morgan fingerprint density at radius 2 is 1.91 bits per heavy atom. The van der Waals surface area contributed by atoms with E-state index in [4.69, 9.17) is 5.11 Å². The van der Waals surface area contributed by atoms with Crippen LogP contribution in [0.15, 0.2) is 30.3 Å². The van der Waals surface area contributed by atoms with Gasteiger partial charge in [-0.15, -0.1) is 0 Å². The topological polar surface area (TPSA) is 20.2 Å². The highest BCUT2D eigenvalue weighted by atomic mass is 127. The lowest BCUT2D eigenvalue weighted by atomic mass is 10.1. The highest BCUT2D eigenvalue weighted by Gasteiger charge is 2.03. The van der Waals surface area contributed by atoms with E-state index in [0.29, 0.717) is 3.92 Å². The molecule has 0 aromatic heterocycles. The zero-order valence-electron chi connectivity index (χ0n) is 6.20. The van der Waals surface area contributed by atoms with Gasteiger partial charge in [-0.3, -0.25) is 0 Å². The second-order valence-corrected chi connectivity index (χ2v) is 3.89. The standard InChI is InChI=1S/C9H11IO/c10-9(6-7-11)8-4-2-1-3-5-8/h1-5,9,11H,6-7H2. The quantitative estimate of drug-likeness (QED) is 0.655. The van der Waals surface area contributed by atoms with Crippen molar-refractivity contribution in [1.82, 2.24) is 0 Å². The van der Waals surface area contributed by atoms with Crippen LogP contribution in [0.5, 0.6) is 0 Å². The Hall–Kier alpha value is -0.0900. The summed E-state index contributed by atoms with van der Waals surface area (Å²) in [7, 11) is 0. The van der Waals surface area contributed by atoms with Gasteiger partial charge in [0.25, 0.3) is 0 Å². The molecule has 0 spiro atoms. The van der Waals surface area contributed by atoms with Crippen LogP contribution < -0.4 is 0 Å². The fraction of sp³-hybridized carbons (Fsp3) is 0.333. The molecule has 1 unspecified atom stereocenters. The molecule has 0 saturated heterocycles. The predicted molar refractivity (Wildman–Crippen MR) is 54.9 cm³/mol. The van der Waals surface area contributed by atoms with Crippen molar-refractivity contribution < 1.29 is 5.11 Å². The molecule has 0 saturated carbocycles. The lowest BCUT2D eigenvalue weighted by Crippen LogP contribution is -1.92. The molecule has 60 valence electrons. The summed E-state index contributed by atoms with van der Waals surface area (Å²) in [6.07, 6.45) is 0.838. The van der Waals surface area contributed by atoms with Crippen molar-refractivity contribution in [3.05, 3.63) is 35.9 Å². The summed E-state index contributed by atoms with van der Waals surface area (Å²) in [4.78, 5) is 0. The van der Waals surface area contributed by atoms with Crippen molar-refractivity contribution in [2.45, 2.75) is 10.3 Å². The number of hydrogen-bond donors (Lipinski definition) is 1. The number of alkyl halides is 1. The Labute approximate surface area is 80.6 Å². The zero-order chi connectivity index (χ0) is 8.10. The van der Waals surface area contributed by atoms with Crippen LogP contribution in [0.4, 0.5) is 0 Å². The fourth-order valence-electron chi connectivity index (χ4n) is 0.942. The first kappa shape index (κ1) is 9.00. The molecule has 0 fully saturated rings. The van der Waals surface area contributed by atoms with E-state index in [-0.39, 0.29) is 6.61 Å². The summed E-state index contributed by atoms with van der Waals surface area (Å²) in [5, 5.41) is 8.69. The smallest absolute Gasteiger partial charge is 0.0444 e. The van der Waals surface area contributed by atoms with Gasteiger partial charge >= 0.3 is 0 Å². The molecule has 1 nitrogen and oxygen atoms in total. The summed E-state index contributed by atoms with van der Waals surface area (Å²) in [6.45, 7) is 0.266. The molecule has 11 heavy (non-hydrogen) atoms. The van der Waals surface area contributed by atoms with Crippen LogP contribution in [0, 0.1) is 0 Å². The van der Waals surface area contributed by atoms with E-state index in [1.807, 2.05) is 18.2 Å². The SMILES string of the molecule is OCCC(I)c1ccccc1. The molecular weight excluding hydrogens is 251 g/mol. The Balaban J connectivity index is 2.61. The van der Waals surface area contributed by atoms with Crippen LogP contribution in [-0.2, 0) is 0 Å². The first-order chi connectivity index (χ1) is 5.34. The lowest BCUT2D eigenvalue weighted by Gasteiger charge is -2.06. The van der Waals surface area contributed by atoms with Gasteiger partial charge in [0, 0.05) is 10.5 Å². The summed E-state index contributed by atoms with van der Waals surface area (Å²) >= 11 is 2.35. The monoisotopic (exact) mass is 262 g/mol. The molecule has 0 amide bonds. The number of benzene rings is 1. The molecule has 0 bridgehead atoms. The molecule has 1 aromatic carbocycles. The third kappa shape index (κ3) is 2.79. The van der Waals surface area contributed by atoms with Crippen LogP contribution in [0.2, 0.25) is 0 Å². The Morgan fingerprint density at radius 1 is 1.27 bits per heavy atom. The van der Waals surface area contributed by atoms with E-state index < -0.39 is 0 Å². The lowest BCUT2D eigenvalue weighted by molar-refractivity contribution is 0.289. The molecule has 2 heteroatoms. The Bertz CT molecular complexity index is 198. The summed E-state index contributed by atoms with van der Waals surface area (Å²) in [5.41, 5.74) is 1.29. The zero-order valence-corrected chi connectivity index (χ0v) is 8.36. The van der Waals surface area contributed by atoms with Crippen LogP contribution >= 0.6 is 22.6 Å². The van der Waals surface area contributed by atoms with Crippen LogP contribution in [-0.4, -0.2) is 11.7 Å². The average Bonchev–Trinajstić information content (AvgIpc) is 2.07. The number of aliphatic hydroxyl groups excluding tert-OH is 1. The van der Waals surface area contributed by atoms with Gasteiger partial charge < -0.3 is 5.11 Å². The van der Waals surface area contributed by atoms with Crippen molar-refractivity contribution in [3.8, 4) is 0 Å². The number of rotatable bonds is 3. The van der Waals surface area contributed by atoms with Crippen LogP contribution in [0.3, 0.4) is 0 Å². The van der Waals surface area contributed by atoms with Crippen molar-refractivity contribution in [2.24, 2.45) is 0 Å². The van der Waals surface area contributed by atoms with Crippen molar-refractivity contribution in [3.63, 3.8) is 0 Å². The van der Waals surface area contributed by atoms with Crippen LogP contribution in [0.1, 0.15) is 15.9 Å². The first-order valence-electron chi connectivity index (χ1n) is 3.64. The molecule has 0 aliphatic rings. The third-order valence-corrected chi connectivity index (χ3v) is 2.89. The highest BCUT2D eigenvalue weighted by Crippen LogP contribution is 2.25. The maximum atomic E-state index is 8.69. The van der Waals surface area contributed by atoms with Crippen molar-refractivity contribution in [2.75, 3.05) is 6.61 Å². The molecule has 0 aliphatic carbocycles. The molecule has 0 radical (unpaired) electrons. The van der Waals surface area contributed by atoms with E-state index in [0.717, 1.165) is 6.42 Å². The van der Waals surface area contributed by atoms with Gasteiger partial charge in [-0.1, -0.05) is 52.9 Å². The van der Waals surface area contributed by atoms with E-state index >= 15 is 0 Å². The molecule has 1 aromatic rings. The van der Waals surface area contributed by atoms with Crippen molar-refractivity contribution >= 4 is 22.6 Å². The molecular formula is C9H11IO. The van der Waals surface area contributed by atoms with Gasteiger partial charge in [-0.05, 0) is 12.0 Å². The summed E-state index contributed by atoms with van der Waals surface area (Å²) in [5.74, 6) is 0. The molecule has 1 N–H and O–H groups in total. The highest BCUT2D eigenvalue weighted by molar-refractivity contribution is 14.1. The van der Waals surface area contributed by atoms with Gasteiger partial charge in [0.05, 0.1) is 0 Å². The predicted octanol–water partition coefficient (Wildman–Crippen LogP) is 2.55. The second kappa shape index (κ2) is 4.72. The van der Waals surface area contributed by atoms with E-state index in [2.05, 4.69) is 34.7 Å². The largest absolute Gasteiger partial charge is 0.396 e. The normalized spacial score (nSPS) is 12.9. The maximum Gasteiger partial charge on any atom is 0.0444 e. The molecule has 0 heterocycles. The number of halogens is 1. The van der Waals surface area contributed by atoms with E-state index in [9.17, 15) is 0 Å². The van der Waals surface area contributed by atoms with E-state index in [1.165, 1.54) is 5.56 Å². The second-order valence-electron chi connectivity index (χ2n) is 2.39. The minimum absolute atomic E-state index is 0.266.